The molecule has 0 spiro atoms. The summed E-state index contributed by atoms with van der Waals surface area (Å²) in [5.41, 5.74) is 5.71. The molecule has 0 amide bonds. The van der Waals surface area contributed by atoms with Gasteiger partial charge >= 0.3 is 0 Å². The second-order valence-corrected chi connectivity index (χ2v) is 8.26. The quantitative estimate of drug-likeness (QED) is 0.711. The molecule has 1 aliphatic heterocycles. The van der Waals surface area contributed by atoms with Gasteiger partial charge in [-0.1, -0.05) is 17.7 Å². The Hall–Kier alpha value is -2.37. The zero-order chi connectivity index (χ0) is 20.5. The Labute approximate surface area is 172 Å². The van der Waals surface area contributed by atoms with Crippen LogP contribution in [0.4, 0.5) is 10.1 Å². The highest BCUT2D eigenvalue weighted by Gasteiger charge is 2.21. The molecule has 1 fully saturated rings. The molecule has 0 saturated carbocycles. The number of aliphatic hydroxyl groups is 1. The molecule has 3 aromatic rings. The van der Waals surface area contributed by atoms with Gasteiger partial charge in [0.2, 0.25) is 0 Å². The Bertz CT molecular complexity index is 988. The molecule has 1 aromatic heterocycles. The number of aryl methyl sites for hydroxylation is 2. The summed E-state index contributed by atoms with van der Waals surface area (Å²) >= 11 is 0. The third-order valence-corrected chi connectivity index (χ3v) is 6.23. The number of anilines is 1. The second kappa shape index (κ2) is 8.17. The Kier molecular flexibility index (Phi) is 5.61. The van der Waals surface area contributed by atoms with Gasteiger partial charge in [-0.3, -0.25) is 4.90 Å². The summed E-state index contributed by atoms with van der Waals surface area (Å²) in [6, 6.07) is 13.6. The molecule has 2 heterocycles. The van der Waals surface area contributed by atoms with E-state index >= 15 is 0 Å². The maximum atomic E-state index is 13.6. The summed E-state index contributed by atoms with van der Waals surface area (Å²) < 4.78 is 15.8. The number of hydrogen-bond acceptors (Lipinski definition) is 3. The Morgan fingerprint density at radius 2 is 1.62 bits per heavy atom. The number of hydrogen-bond donors (Lipinski definition) is 1. The number of benzene rings is 2. The van der Waals surface area contributed by atoms with Gasteiger partial charge in [0, 0.05) is 55.0 Å². The minimum absolute atomic E-state index is 0.218. The minimum Gasteiger partial charge on any atom is -0.390 e. The van der Waals surface area contributed by atoms with Crippen molar-refractivity contribution in [3.63, 3.8) is 0 Å². The van der Waals surface area contributed by atoms with Gasteiger partial charge in [-0.25, -0.2) is 4.39 Å². The van der Waals surface area contributed by atoms with Crippen molar-refractivity contribution in [2.75, 3.05) is 37.6 Å². The van der Waals surface area contributed by atoms with Crippen LogP contribution in [-0.4, -0.2) is 53.4 Å². The average molecular weight is 396 g/mol. The van der Waals surface area contributed by atoms with Crippen LogP contribution >= 0.6 is 0 Å². The van der Waals surface area contributed by atoms with Crippen LogP contribution in [0.3, 0.4) is 0 Å². The van der Waals surface area contributed by atoms with Crippen molar-refractivity contribution in [2.45, 2.75) is 33.4 Å². The van der Waals surface area contributed by atoms with Crippen molar-refractivity contribution in [2.24, 2.45) is 0 Å². The molecule has 5 heteroatoms. The van der Waals surface area contributed by atoms with Gasteiger partial charge in [0.15, 0.2) is 0 Å². The third kappa shape index (κ3) is 4.16. The lowest BCUT2D eigenvalue weighted by atomic mass is 10.1. The standard InChI is InChI=1S/C24H30FN3O/c1-17-4-7-21(8-5-17)27-12-10-26(11-13-27)15-22(29)16-28-19(3)18(2)23-14-20(25)6-9-24(23)28/h4-9,14,22,29H,10-13,15-16H2,1-3H3/t22-/m0/s1. The molecule has 4 rings (SSSR count). The van der Waals surface area contributed by atoms with E-state index in [9.17, 15) is 9.50 Å². The maximum Gasteiger partial charge on any atom is 0.123 e. The van der Waals surface area contributed by atoms with E-state index in [4.69, 9.17) is 0 Å². The topological polar surface area (TPSA) is 31.6 Å². The predicted octanol–water partition coefficient (Wildman–Crippen LogP) is 3.89. The van der Waals surface area contributed by atoms with Crippen molar-refractivity contribution in [1.29, 1.82) is 0 Å². The molecule has 4 nitrogen and oxygen atoms in total. The molecule has 154 valence electrons. The van der Waals surface area contributed by atoms with Crippen LogP contribution in [-0.2, 0) is 6.54 Å². The number of halogens is 1. The molecule has 0 unspecified atom stereocenters. The van der Waals surface area contributed by atoms with Gasteiger partial charge in [-0.15, -0.1) is 0 Å². The highest BCUT2D eigenvalue weighted by molar-refractivity contribution is 5.85. The number of nitrogens with zero attached hydrogens (tertiary/aromatic N) is 3. The van der Waals surface area contributed by atoms with Crippen LogP contribution in [0.5, 0.6) is 0 Å². The lowest BCUT2D eigenvalue weighted by Gasteiger charge is -2.37. The Morgan fingerprint density at radius 1 is 0.931 bits per heavy atom. The van der Waals surface area contributed by atoms with Gasteiger partial charge in [-0.05, 0) is 56.7 Å². The van der Waals surface area contributed by atoms with E-state index in [0.717, 1.165) is 48.3 Å². The van der Waals surface area contributed by atoms with E-state index in [1.165, 1.54) is 17.3 Å². The fourth-order valence-corrected chi connectivity index (χ4v) is 4.37. The number of piperazine rings is 1. The molecular weight excluding hydrogens is 365 g/mol. The summed E-state index contributed by atoms with van der Waals surface area (Å²) in [6.45, 7) is 11.2. The number of fused-ring (bicyclic) bond motifs is 1. The lowest BCUT2D eigenvalue weighted by molar-refractivity contribution is 0.0956. The van der Waals surface area contributed by atoms with Crippen molar-refractivity contribution in [3.05, 3.63) is 65.1 Å². The number of β-amino-alcohol motifs (C(OH)–C–C–N with tert-alkyl or cyclic N) is 1. The van der Waals surface area contributed by atoms with E-state index in [1.807, 2.05) is 19.9 Å². The van der Waals surface area contributed by atoms with Gasteiger partial charge < -0.3 is 14.6 Å². The normalized spacial score (nSPS) is 16.5. The first kappa shape index (κ1) is 19.9. The van der Waals surface area contributed by atoms with Crippen LogP contribution in [0.2, 0.25) is 0 Å². The largest absolute Gasteiger partial charge is 0.390 e. The van der Waals surface area contributed by atoms with Crippen molar-refractivity contribution >= 4 is 16.6 Å². The predicted molar refractivity (Wildman–Crippen MR) is 117 cm³/mol. The van der Waals surface area contributed by atoms with E-state index in [0.29, 0.717) is 13.1 Å². The molecule has 0 radical (unpaired) electrons. The molecule has 1 atom stereocenters. The van der Waals surface area contributed by atoms with E-state index in [1.54, 1.807) is 6.07 Å². The average Bonchev–Trinajstić information content (AvgIpc) is 2.94. The third-order valence-electron chi connectivity index (χ3n) is 6.23. The van der Waals surface area contributed by atoms with E-state index < -0.39 is 6.10 Å². The first-order valence-electron chi connectivity index (χ1n) is 10.4. The highest BCUT2D eigenvalue weighted by Crippen LogP contribution is 2.26. The molecule has 0 bridgehead atoms. The van der Waals surface area contributed by atoms with Crippen LogP contribution in [0.15, 0.2) is 42.5 Å². The molecule has 2 aromatic carbocycles. The molecule has 0 aliphatic carbocycles. The van der Waals surface area contributed by atoms with Gasteiger partial charge in [0.05, 0.1) is 12.6 Å². The van der Waals surface area contributed by atoms with E-state index in [2.05, 4.69) is 45.6 Å². The maximum absolute atomic E-state index is 13.6. The first-order chi connectivity index (χ1) is 13.9. The lowest BCUT2D eigenvalue weighted by Crippen LogP contribution is -2.49. The van der Waals surface area contributed by atoms with Crippen molar-refractivity contribution in [1.82, 2.24) is 9.47 Å². The van der Waals surface area contributed by atoms with Crippen LogP contribution in [0.1, 0.15) is 16.8 Å². The van der Waals surface area contributed by atoms with Crippen LogP contribution in [0, 0.1) is 26.6 Å². The summed E-state index contributed by atoms with van der Waals surface area (Å²) in [5.74, 6) is -0.218. The van der Waals surface area contributed by atoms with E-state index in [-0.39, 0.29) is 5.82 Å². The first-order valence-corrected chi connectivity index (χ1v) is 10.4. The molecule has 1 N–H and O–H groups in total. The van der Waals surface area contributed by atoms with Gasteiger partial charge in [0.1, 0.15) is 5.82 Å². The summed E-state index contributed by atoms with van der Waals surface area (Å²) in [5, 5.41) is 11.7. The SMILES string of the molecule is Cc1ccc(N2CCN(C[C@H](O)Cn3c(C)c(C)c4cc(F)ccc43)CC2)cc1. The molecule has 1 saturated heterocycles. The Morgan fingerprint density at radius 3 is 2.31 bits per heavy atom. The molecule has 29 heavy (non-hydrogen) atoms. The smallest absolute Gasteiger partial charge is 0.123 e. The number of aliphatic hydroxyl groups excluding tert-OH is 1. The summed E-state index contributed by atoms with van der Waals surface area (Å²) in [4.78, 5) is 4.74. The minimum atomic E-state index is -0.459. The highest BCUT2D eigenvalue weighted by atomic mass is 19.1. The van der Waals surface area contributed by atoms with Crippen molar-refractivity contribution < 1.29 is 9.50 Å². The molecular formula is C24H30FN3O. The van der Waals surface area contributed by atoms with Crippen LogP contribution < -0.4 is 4.90 Å². The number of aromatic nitrogens is 1. The van der Waals surface area contributed by atoms with Gasteiger partial charge in [0.25, 0.3) is 0 Å². The summed E-state index contributed by atoms with van der Waals surface area (Å²) in [6.07, 6.45) is -0.459. The monoisotopic (exact) mass is 395 g/mol. The second-order valence-electron chi connectivity index (χ2n) is 8.26. The zero-order valence-corrected chi connectivity index (χ0v) is 17.5. The van der Waals surface area contributed by atoms with Crippen molar-refractivity contribution in [3.8, 4) is 0 Å². The molecule has 1 aliphatic rings. The van der Waals surface area contributed by atoms with Gasteiger partial charge in [-0.2, -0.15) is 0 Å². The summed E-state index contributed by atoms with van der Waals surface area (Å²) in [7, 11) is 0. The number of rotatable bonds is 5. The van der Waals surface area contributed by atoms with Crippen LogP contribution in [0.25, 0.3) is 10.9 Å². The fraction of sp³-hybridized carbons (Fsp3) is 0.417. The fourth-order valence-electron chi connectivity index (χ4n) is 4.37. The Balaban J connectivity index is 1.37. The zero-order valence-electron chi connectivity index (χ0n) is 17.5.